The molecule has 0 bridgehead atoms. The van der Waals surface area contributed by atoms with Gasteiger partial charge in [0.2, 0.25) is 0 Å². The Kier molecular flexibility index (Phi) is 4.98. The number of carbonyl (C=O) groups is 1. The number of likely N-dealkylation sites (tertiary alicyclic amines) is 1. The number of ether oxygens (including phenoxy) is 2. The van der Waals surface area contributed by atoms with Crippen molar-refractivity contribution in [2.75, 3.05) is 13.1 Å². The molecule has 4 nitrogen and oxygen atoms in total. The van der Waals surface area contributed by atoms with Crippen molar-refractivity contribution in [3.8, 4) is 11.5 Å². The van der Waals surface area contributed by atoms with Gasteiger partial charge in [-0.3, -0.25) is 0 Å². The molecular weight excluding hydrogens is 314 g/mol. The monoisotopic (exact) mass is 339 g/mol. The second-order valence-corrected chi connectivity index (χ2v) is 7.40. The van der Waals surface area contributed by atoms with E-state index < -0.39 is 5.60 Å². The zero-order valence-electron chi connectivity index (χ0n) is 15.1. The number of benzene rings is 2. The number of hydrogen-bond donors (Lipinski definition) is 0. The van der Waals surface area contributed by atoms with Gasteiger partial charge in [-0.2, -0.15) is 0 Å². The van der Waals surface area contributed by atoms with Gasteiger partial charge in [-0.25, -0.2) is 4.79 Å². The molecular formula is C21H25NO3. The number of nitrogens with zero attached hydrogens (tertiary/aromatic N) is 1. The van der Waals surface area contributed by atoms with E-state index in [4.69, 9.17) is 9.47 Å². The topological polar surface area (TPSA) is 38.8 Å². The van der Waals surface area contributed by atoms with Crippen LogP contribution in [-0.2, 0) is 4.74 Å². The second kappa shape index (κ2) is 7.18. The average molecular weight is 339 g/mol. The summed E-state index contributed by atoms with van der Waals surface area (Å²) in [5, 5.41) is 0. The minimum atomic E-state index is -0.460. The summed E-state index contributed by atoms with van der Waals surface area (Å²) in [7, 11) is 0. The van der Waals surface area contributed by atoms with E-state index in [2.05, 4.69) is 12.1 Å². The number of para-hydroxylation sites is 1. The van der Waals surface area contributed by atoms with Crippen LogP contribution in [0.15, 0.2) is 54.6 Å². The van der Waals surface area contributed by atoms with Gasteiger partial charge < -0.3 is 14.4 Å². The van der Waals surface area contributed by atoms with E-state index >= 15 is 0 Å². The van der Waals surface area contributed by atoms with Gasteiger partial charge in [0.25, 0.3) is 0 Å². The fraction of sp³-hybridized carbons (Fsp3) is 0.381. The lowest BCUT2D eigenvalue weighted by Gasteiger charge is -2.24. The Balaban J connectivity index is 1.65. The molecule has 2 aromatic rings. The minimum absolute atomic E-state index is 0.230. The van der Waals surface area contributed by atoms with Crippen LogP contribution in [0.3, 0.4) is 0 Å². The van der Waals surface area contributed by atoms with E-state index in [9.17, 15) is 4.79 Å². The predicted molar refractivity (Wildman–Crippen MR) is 98.1 cm³/mol. The second-order valence-electron chi connectivity index (χ2n) is 7.40. The molecule has 0 N–H and O–H groups in total. The lowest BCUT2D eigenvalue weighted by molar-refractivity contribution is 0.0292. The number of amides is 1. The first-order valence-corrected chi connectivity index (χ1v) is 8.71. The number of hydrogen-bond acceptors (Lipinski definition) is 3. The highest BCUT2D eigenvalue weighted by molar-refractivity contribution is 5.68. The SMILES string of the molecule is CC(C)(C)OC(=O)N1CCC(c2cccc(Oc3ccccc3)c2)C1. The van der Waals surface area contributed by atoms with Gasteiger partial charge in [0.1, 0.15) is 17.1 Å². The standard InChI is InChI=1S/C21H25NO3/c1-21(2,3)25-20(23)22-13-12-17(15-22)16-8-7-11-19(14-16)24-18-9-5-4-6-10-18/h4-11,14,17H,12-13,15H2,1-3H3. The maximum atomic E-state index is 12.2. The first-order chi connectivity index (χ1) is 11.9. The first-order valence-electron chi connectivity index (χ1n) is 8.71. The Labute approximate surface area is 149 Å². The molecule has 1 aliphatic rings. The molecule has 1 aliphatic heterocycles. The molecule has 0 aliphatic carbocycles. The summed E-state index contributed by atoms with van der Waals surface area (Å²) in [5.41, 5.74) is 0.734. The highest BCUT2D eigenvalue weighted by Gasteiger charge is 2.30. The maximum absolute atomic E-state index is 12.2. The Morgan fingerprint density at radius 2 is 1.76 bits per heavy atom. The van der Waals surface area contributed by atoms with Crippen LogP contribution < -0.4 is 4.74 Å². The molecule has 2 aromatic carbocycles. The first kappa shape index (κ1) is 17.3. The summed E-state index contributed by atoms with van der Waals surface area (Å²) in [6.45, 7) is 7.08. The molecule has 1 atom stereocenters. The molecule has 1 amide bonds. The molecule has 1 fully saturated rings. The zero-order valence-corrected chi connectivity index (χ0v) is 15.1. The Morgan fingerprint density at radius 3 is 2.48 bits per heavy atom. The van der Waals surface area contributed by atoms with Crippen molar-refractivity contribution in [1.29, 1.82) is 0 Å². The van der Waals surface area contributed by atoms with Gasteiger partial charge in [0, 0.05) is 19.0 Å². The van der Waals surface area contributed by atoms with Crippen LogP contribution in [0.25, 0.3) is 0 Å². The van der Waals surface area contributed by atoms with Crippen molar-refractivity contribution in [3.05, 3.63) is 60.2 Å². The summed E-state index contributed by atoms with van der Waals surface area (Å²) in [4.78, 5) is 14.0. The van der Waals surface area contributed by atoms with Crippen LogP contribution in [0.1, 0.15) is 38.7 Å². The molecule has 132 valence electrons. The quantitative estimate of drug-likeness (QED) is 0.771. The third kappa shape index (κ3) is 4.75. The largest absolute Gasteiger partial charge is 0.457 e. The van der Waals surface area contributed by atoms with E-state index in [1.165, 1.54) is 5.56 Å². The summed E-state index contributed by atoms with van der Waals surface area (Å²) in [6, 6.07) is 17.9. The van der Waals surface area contributed by atoms with E-state index in [-0.39, 0.29) is 6.09 Å². The molecule has 25 heavy (non-hydrogen) atoms. The van der Waals surface area contributed by atoms with Gasteiger partial charge in [0.15, 0.2) is 0 Å². The van der Waals surface area contributed by atoms with Crippen LogP contribution in [-0.4, -0.2) is 29.7 Å². The maximum Gasteiger partial charge on any atom is 0.410 e. The van der Waals surface area contributed by atoms with Crippen molar-refractivity contribution in [2.45, 2.75) is 38.7 Å². The molecule has 0 radical (unpaired) electrons. The lowest BCUT2D eigenvalue weighted by atomic mass is 9.98. The highest BCUT2D eigenvalue weighted by Crippen LogP contribution is 2.31. The van der Waals surface area contributed by atoms with Crippen molar-refractivity contribution < 1.29 is 14.3 Å². The van der Waals surface area contributed by atoms with Gasteiger partial charge in [0.05, 0.1) is 0 Å². The third-order valence-electron chi connectivity index (χ3n) is 4.15. The molecule has 1 heterocycles. The molecule has 0 aromatic heterocycles. The Morgan fingerprint density at radius 1 is 1.04 bits per heavy atom. The van der Waals surface area contributed by atoms with E-state index in [1.54, 1.807) is 4.90 Å². The van der Waals surface area contributed by atoms with Gasteiger partial charge in [-0.1, -0.05) is 30.3 Å². The number of rotatable bonds is 3. The van der Waals surface area contributed by atoms with Crippen LogP contribution >= 0.6 is 0 Å². The van der Waals surface area contributed by atoms with E-state index in [0.717, 1.165) is 24.5 Å². The van der Waals surface area contributed by atoms with Crippen molar-refractivity contribution in [2.24, 2.45) is 0 Å². The van der Waals surface area contributed by atoms with Gasteiger partial charge in [-0.15, -0.1) is 0 Å². The third-order valence-corrected chi connectivity index (χ3v) is 4.15. The lowest BCUT2D eigenvalue weighted by Crippen LogP contribution is -2.35. The fourth-order valence-corrected chi connectivity index (χ4v) is 2.98. The van der Waals surface area contributed by atoms with Crippen LogP contribution in [0.5, 0.6) is 11.5 Å². The highest BCUT2D eigenvalue weighted by atomic mass is 16.6. The Hall–Kier alpha value is -2.49. The molecule has 4 heteroatoms. The molecule has 1 unspecified atom stereocenters. The molecule has 0 spiro atoms. The smallest absolute Gasteiger partial charge is 0.410 e. The summed E-state index contributed by atoms with van der Waals surface area (Å²) in [6.07, 6.45) is 0.709. The van der Waals surface area contributed by atoms with Crippen LogP contribution in [0.2, 0.25) is 0 Å². The Bertz CT molecular complexity index is 721. The fourth-order valence-electron chi connectivity index (χ4n) is 2.98. The van der Waals surface area contributed by atoms with E-state index in [1.807, 2.05) is 63.2 Å². The molecule has 0 saturated carbocycles. The average Bonchev–Trinajstić information content (AvgIpc) is 3.05. The summed E-state index contributed by atoms with van der Waals surface area (Å²) < 4.78 is 11.4. The zero-order chi connectivity index (χ0) is 17.9. The molecule has 3 rings (SSSR count). The van der Waals surface area contributed by atoms with Crippen LogP contribution in [0, 0.1) is 0 Å². The summed E-state index contributed by atoms with van der Waals surface area (Å²) >= 11 is 0. The molecule has 1 saturated heterocycles. The predicted octanol–water partition coefficient (Wildman–Crippen LogP) is 5.20. The van der Waals surface area contributed by atoms with Gasteiger partial charge >= 0.3 is 6.09 Å². The normalized spacial score (nSPS) is 17.4. The van der Waals surface area contributed by atoms with Gasteiger partial charge in [-0.05, 0) is 57.0 Å². The summed E-state index contributed by atoms with van der Waals surface area (Å²) in [5.74, 6) is 1.95. The van der Waals surface area contributed by atoms with Crippen molar-refractivity contribution >= 4 is 6.09 Å². The number of carbonyl (C=O) groups excluding carboxylic acids is 1. The van der Waals surface area contributed by atoms with Crippen molar-refractivity contribution in [3.63, 3.8) is 0 Å². The minimum Gasteiger partial charge on any atom is -0.457 e. The van der Waals surface area contributed by atoms with E-state index in [0.29, 0.717) is 12.5 Å². The van der Waals surface area contributed by atoms with Crippen LogP contribution in [0.4, 0.5) is 4.79 Å². The van der Waals surface area contributed by atoms with Crippen molar-refractivity contribution in [1.82, 2.24) is 4.90 Å².